The van der Waals surface area contributed by atoms with E-state index in [1.165, 1.54) is 6.08 Å². The molecule has 3 rings (SSSR count). The van der Waals surface area contributed by atoms with E-state index in [2.05, 4.69) is 21.2 Å². The first-order valence-corrected chi connectivity index (χ1v) is 10.5. The van der Waals surface area contributed by atoms with Crippen LogP contribution in [0.15, 0.2) is 38.1 Å². The molecule has 0 aliphatic carbocycles. The summed E-state index contributed by atoms with van der Waals surface area (Å²) in [6.45, 7) is 3.43. The average Bonchev–Trinajstić information content (AvgIpc) is 3.04. The van der Waals surface area contributed by atoms with Gasteiger partial charge in [-0.1, -0.05) is 18.2 Å². The van der Waals surface area contributed by atoms with Crippen molar-refractivity contribution >= 4 is 79.1 Å². The number of amides is 3. The van der Waals surface area contributed by atoms with E-state index in [1.54, 1.807) is 6.07 Å². The van der Waals surface area contributed by atoms with E-state index in [4.69, 9.17) is 4.42 Å². The van der Waals surface area contributed by atoms with Gasteiger partial charge in [0, 0.05) is 34.4 Å². The Morgan fingerprint density at radius 2 is 2.00 bits per heavy atom. The van der Waals surface area contributed by atoms with Gasteiger partial charge in [-0.15, -0.1) is 0 Å². The number of anilines is 1. The quantitative estimate of drug-likeness (QED) is 0.423. The van der Waals surface area contributed by atoms with Crippen molar-refractivity contribution in [2.75, 3.05) is 11.9 Å². The molecule has 1 fully saturated rings. The third kappa shape index (κ3) is 4.46. The number of halogens is 2. The second kappa shape index (κ2) is 8.19. The van der Waals surface area contributed by atoms with E-state index in [0.29, 0.717) is 15.2 Å². The smallest absolute Gasteiger partial charge is 0.294 e. The summed E-state index contributed by atoms with van der Waals surface area (Å²) >= 11 is 6.13. The average molecular weight is 561 g/mol. The Bertz CT molecular complexity index is 946. The summed E-state index contributed by atoms with van der Waals surface area (Å²) in [7, 11) is 0. The Labute approximate surface area is 182 Å². The highest BCUT2D eigenvalue weighted by molar-refractivity contribution is 14.1. The first-order chi connectivity index (χ1) is 12.8. The Kier molecular flexibility index (Phi) is 6.11. The molecule has 0 radical (unpaired) electrons. The van der Waals surface area contributed by atoms with E-state index in [0.717, 1.165) is 32.3 Å². The molecule has 6 nitrogen and oxygen atoms in total. The Morgan fingerprint density at radius 1 is 1.33 bits per heavy atom. The molecule has 0 bridgehead atoms. The number of carbonyl (C=O) groups excluding carboxylic acids is 3. The Morgan fingerprint density at radius 3 is 2.59 bits per heavy atom. The highest BCUT2D eigenvalue weighted by Crippen LogP contribution is 2.33. The summed E-state index contributed by atoms with van der Waals surface area (Å²) in [6, 6.07) is 7.38. The monoisotopic (exact) mass is 560 g/mol. The molecule has 27 heavy (non-hydrogen) atoms. The molecule has 3 amide bonds. The maximum atomic E-state index is 12.5. The van der Waals surface area contributed by atoms with Crippen molar-refractivity contribution in [3.63, 3.8) is 0 Å². The zero-order chi connectivity index (χ0) is 19.7. The molecule has 140 valence electrons. The number of nitrogens with zero attached hydrogens (tertiary/aromatic N) is 1. The van der Waals surface area contributed by atoms with Gasteiger partial charge in [0.05, 0.1) is 9.38 Å². The van der Waals surface area contributed by atoms with Crippen LogP contribution in [0.4, 0.5) is 10.5 Å². The van der Waals surface area contributed by atoms with Gasteiger partial charge >= 0.3 is 0 Å². The molecule has 1 aliphatic heterocycles. The number of hydrogen-bond acceptors (Lipinski definition) is 5. The minimum absolute atomic E-state index is 0.220. The van der Waals surface area contributed by atoms with E-state index < -0.39 is 17.1 Å². The lowest BCUT2D eigenvalue weighted by atomic mass is 10.1. The van der Waals surface area contributed by atoms with Crippen molar-refractivity contribution in [2.24, 2.45) is 0 Å². The number of benzene rings is 1. The van der Waals surface area contributed by atoms with Crippen molar-refractivity contribution in [3.05, 3.63) is 54.3 Å². The minimum atomic E-state index is -0.510. The Hall–Kier alpha value is -1.59. The van der Waals surface area contributed by atoms with Crippen LogP contribution in [0.5, 0.6) is 0 Å². The number of carbonyl (C=O) groups is 3. The van der Waals surface area contributed by atoms with Crippen LogP contribution in [-0.4, -0.2) is 28.5 Å². The van der Waals surface area contributed by atoms with Gasteiger partial charge in [-0.05, 0) is 58.7 Å². The van der Waals surface area contributed by atoms with E-state index in [1.807, 2.05) is 54.6 Å². The van der Waals surface area contributed by atoms with Crippen LogP contribution >= 0.6 is 50.3 Å². The normalized spacial score (nSPS) is 15.7. The molecule has 1 aromatic carbocycles. The molecule has 2 heterocycles. The molecule has 9 heteroatoms. The van der Waals surface area contributed by atoms with Gasteiger partial charge in [0.25, 0.3) is 11.1 Å². The van der Waals surface area contributed by atoms with E-state index in [9.17, 15) is 14.4 Å². The summed E-state index contributed by atoms with van der Waals surface area (Å²) < 4.78 is 6.88. The fraction of sp³-hybridized carbons (Fsp3) is 0.167. The topological polar surface area (TPSA) is 79.6 Å². The van der Waals surface area contributed by atoms with Crippen LogP contribution in [0.2, 0.25) is 0 Å². The molecule has 1 N–H and O–H groups in total. The highest BCUT2D eigenvalue weighted by atomic mass is 127. The fourth-order valence-electron chi connectivity index (χ4n) is 2.53. The fourth-order valence-corrected chi connectivity index (χ4v) is 4.07. The molecule has 0 spiro atoms. The van der Waals surface area contributed by atoms with Crippen molar-refractivity contribution < 1.29 is 18.8 Å². The SMILES string of the molecule is Cc1cccc(C)c1NC(=O)CN1C(=O)S/C(=C\c2cc(Br)c(I)o2)C1=O. The summed E-state index contributed by atoms with van der Waals surface area (Å²) in [4.78, 5) is 38.2. The molecule has 1 aliphatic rings. The predicted octanol–water partition coefficient (Wildman–Crippen LogP) is 4.94. The van der Waals surface area contributed by atoms with Crippen LogP contribution in [0, 0.1) is 17.6 Å². The number of para-hydroxylation sites is 1. The molecular formula is C18H14BrIN2O4S. The summed E-state index contributed by atoms with van der Waals surface area (Å²) in [5.41, 5.74) is 2.52. The highest BCUT2D eigenvalue weighted by Gasteiger charge is 2.36. The number of imide groups is 1. The number of rotatable bonds is 4. The van der Waals surface area contributed by atoms with Crippen molar-refractivity contribution in [2.45, 2.75) is 13.8 Å². The van der Waals surface area contributed by atoms with E-state index in [-0.39, 0.29) is 11.4 Å². The molecule has 0 saturated carbocycles. The summed E-state index contributed by atoms with van der Waals surface area (Å²) in [6.07, 6.45) is 1.50. The molecule has 0 unspecified atom stereocenters. The maximum Gasteiger partial charge on any atom is 0.294 e. The number of thioether (sulfide) groups is 1. The maximum absolute atomic E-state index is 12.5. The molecule has 0 atom stereocenters. The van der Waals surface area contributed by atoms with Gasteiger partial charge in [-0.2, -0.15) is 0 Å². The molecule has 1 aromatic heterocycles. The zero-order valence-electron chi connectivity index (χ0n) is 14.3. The predicted molar refractivity (Wildman–Crippen MR) is 116 cm³/mol. The first-order valence-electron chi connectivity index (χ1n) is 7.82. The summed E-state index contributed by atoms with van der Waals surface area (Å²) in [5.74, 6) is -0.479. The van der Waals surface area contributed by atoms with Crippen LogP contribution in [-0.2, 0) is 9.59 Å². The summed E-state index contributed by atoms with van der Waals surface area (Å²) in [5, 5.41) is 2.30. The molecule has 2 aromatic rings. The molecule has 1 saturated heterocycles. The number of furan rings is 1. The van der Waals surface area contributed by atoms with Crippen molar-refractivity contribution in [1.82, 2.24) is 4.90 Å². The van der Waals surface area contributed by atoms with Crippen molar-refractivity contribution in [1.29, 1.82) is 0 Å². The third-order valence-corrected chi connectivity index (χ3v) is 6.90. The van der Waals surface area contributed by atoms with Gasteiger partial charge in [0.15, 0.2) is 3.77 Å². The van der Waals surface area contributed by atoms with Crippen molar-refractivity contribution in [3.8, 4) is 0 Å². The lowest BCUT2D eigenvalue weighted by Gasteiger charge is -2.15. The van der Waals surface area contributed by atoms with Gasteiger partial charge in [-0.3, -0.25) is 19.3 Å². The van der Waals surface area contributed by atoms with Crippen LogP contribution < -0.4 is 5.32 Å². The van der Waals surface area contributed by atoms with Gasteiger partial charge < -0.3 is 9.73 Å². The Balaban J connectivity index is 1.73. The lowest BCUT2D eigenvalue weighted by Crippen LogP contribution is -2.36. The molecular weight excluding hydrogens is 547 g/mol. The number of aryl methyl sites for hydroxylation is 2. The van der Waals surface area contributed by atoms with Crippen LogP contribution in [0.1, 0.15) is 16.9 Å². The first kappa shape index (κ1) is 20.2. The minimum Gasteiger partial charge on any atom is -0.450 e. The zero-order valence-corrected chi connectivity index (χ0v) is 18.9. The number of nitrogens with one attached hydrogen (secondary N) is 1. The largest absolute Gasteiger partial charge is 0.450 e. The van der Waals surface area contributed by atoms with Crippen LogP contribution in [0.3, 0.4) is 0 Å². The second-order valence-electron chi connectivity index (χ2n) is 5.85. The van der Waals surface area contributed by atoms with Crippen LogP contribution in [0.25, 0.3) is 6.08 Å². The second-order valence-corrected chi connectivity index (χ2v) is 8.68. The van der Waals surface area contributed by atoms with E-state index >= 15 is 0 Å². The number of hydrogen-bond donors (Lipinski definition) is 1. The lowest BCUT2D eigenvalue weighted by molar-refractivity contribution is -0.127. The third-order valence-electron chi connectivity index (χ3n) is 3.86. The van der Waals surface area contributed by atoms with Gasteiger partial charge in [0.2, 0.25) is 5.91 Å². The van der Waals surface area contributed by atoms with Gasteiger partial charge in [-0.25, -0.2) is 0 Å². The van der Waals surface area contributed by atoms with Gasteiger partial charge in [0.1, 0.15) is 12.3 Å². The standard InChI is InChI=1S/C18H14BrIN2O4S/c1-9-4-3-5-10(2)15(9)21-14(23)8-22-17(24)13(27-18(22)25)7-11-6-12(19)16(20)26-11/h3-7H,8H2,1-2H3,(H,21,23)/b13-7-.